The average Bonchev–Trinajstić information content (AvgIpc) is 2.55. The Morgan fingerprint density at radius 1 is 1.12 bits per heavy atom. The molecule has 1 saturated heterocycles. The topological polar surface area (TPSA) is 12.5 Å². The first-order chi connectivity index (χ1) is 7.68. The third-order valence-corrected chi connectivity index (χ3v) is 3.61. The highest BCUT2D eigenvalue weighted by atomic mass is 16.5. The summed E-state index contributed by atoms with van der Waals surface area (Å²) in [4.78, 5) is 2.29. The molecule has 1 fully saturated rings. The standard InChI is InChI=1S/C12H25NO.C2H6/c1-4-12(7-9-13(2)3)6-5-10-14-11-8-12;1-2/h4-11H2,1-3H3;1-2H3. The van der Waals surface area contributed by atoms with E-state index in [-0.39, 0.29) is 0 Å². The summed E-state index contributed by atoms with van der Waals surface area (Å²) < 4.78 is 5.54. The van der Waals surface area contributed by atoms with Gasteiger partial charge in [0.15, 0.2) is 0 Å². The molecule has 0 aromatic carbocycles. The predicted molar refractivity (Wildman–Crippen MR) is 71.9 cm³/mol. The predicted octanol–water partition coefficient (Wildman–Crippen LogP) is 3.56. The minimum Gasteiger partial charge on any atom is -0.381 e. The zero-order valence-electron chi connectivity index (χ0n) is 12.0. The zero-order chi connectivity index (χ0) is 12.4. The van der Waals surface area contributed by atoms with Crippen LogP contribution >= 0.6 is 0 Å². The summed E-state index contributed by atoms with van der Waals surface area (Å²) in [6, 6.07) is 0. The SMILES string of the molecule is CC.CCC1(CCN(C)C)CCCOCC1. The Kier molecular flexibility index (Phi) is 8.96. The molecule has 2 nitrogen and oxygen atoms in total. The van der Waals surface area contributed by atoms with Crippen LogP contribution in [0.4, 0.5) is 0 Å². The Hall–Kier alpha value is -0.0800. The molecule has 1 unspecified atom stereocenters. The Bertz CT molecular complexity index is 149. The first kappa shape index (κ1) is 15.9. The van der Waals surface area contributed by atoms with Crippen LogP contribution < -0.4 is 0 Å². The van der Waals surface area contributed by atoms with E-state index in [1.165, 1.54) is 38.6 Å². The quantitative estimate of drug-likeness (QED) is 0.731. The average molecular weight is 229 g/mol. The van der Waals surface area contributed by atoms with Crippen molar-refractivity contribution in [2.24, 2.45) is 5.41 Å². The van der Waals surface area contributed by atoms with Crippen LogP contribution in [0.2, 0.25) is 0 Å². The lowest BCUT2D eigenvalue weighted by molar-refractivity contribution is 0.123. The van der Waals surface area contributed by atoms with Gasteiger partial charge in [-0.3, -0.25) is 0 Å². The first-order valence-corrected chi connectivity index (χ1v) is 6.91. The lowest BCUT2D eigenvalue weighted by atomic mass is 9.75. The van der Waals surface area contributed by atoms with Gasteiger partial charge < -0.3 is 9.64 Å². The third kappa shape index (κ3) is 5.86. The van der Waals surface area contributed by atoms with E-state index in [0.29, 0.717) is 5.41 Å². The van der Waals surface area contributed by atoms with Gasteiger partial charge in [-0.2, -0.15) is 0 Å². The molecule has 0 saturated carbocycles. The third-order valence-electron chi connectivity index (χ3n) is 3.61. The monoisotopic (exact) mass is 229 g/mol. The largest absolute Gasteiger partial charge is 0.381 e. The molecule has 2 heteroatoms. The summed E-state index contributed by atoms with van der Waals surface area (Å²) in [6.07, 6.45) is 6.51. The van der Waals surface area contributed by atoms with E-state index >= 15 is 0 Å². The fourth-order valence-electron chi connectivity index (χ4n) is 2.31. The van der Waals surface area contributed by atoms with Crippen molar-refractivity contribution in [3.63, 3.8) is 0 Å². The fourth-order valence-corrected chi connectivity index (χ4v) is 2.31. The van der Waals surface area contributed by atoms with Crippen LogP contribution in [-0.2, 0) is 4.74 Å². The maximum absolute atomic E-state index is 5.54. The Balaban J connectivity index is 0.00000106. The summed E-state index contributed by atoms with van der Waals surface area (Å²) in [5.41, 5.74) is 0.570. The van der Waals surface area contributed by atoms with Crippen LogP contribution in [0.25, 0.3) is 0 Å². The molecule has 1 rings (SSSR count). The molecular weight excluding hydrogens is 198 g/mol. The van der Waals surface area contributed by atoms with Gasteiger partial charge in [-0.1, -0.05) is 27.2 Å². The highest BCUT2D eigenvalue weighted by Gasteiger charge is 2.28. The Morgan fingerprint density at radius 2 is 1.81 bits per heavy atom. The minimum absolute atomic E-state index is 0.570. The summed E-state index contributed by atoms with van der Waals surface area (Å²) in [5.74, 6) is 0. The maximum atomic E-state index is 5.54. The summed E-state index contributed by atoms with van der Waals surface area (Å²) in [7, 11) is 4.33. The van der Waals surface area contributed by atoms with Gasteiger partial charge in [0, 0.05) is 13.2 Å². The summed E-state index contributed by atoms with van der Waals surface area (Å²) in [6.45, 7) is 9.50. The number of rotatable bonds is 4. The molecule has 1 aliphatic rings. The lowest BCUT2D eigenvalue weighted by Crippen LogP contribution is -2.26. The molecule has 0 aromatic rings. The fraction of sp³-hybridized carbons (Fsp3) is 1.00. The molecule has 0 amide bonds. The van der Waals surface area contributed by atoms with Gasteiger partial charge in [0.1, 0.15) is 0 Å². The van der Waals surface area contributed by atoms with Crippen LogP contribution in [0.1, 0.15) is 52.9 Å². The van der Waals surface area contributed by atoms with Crippen LogP contribution in [0.5, 0.6) is 0 Å². The van der Waals surface area contributed by atoms with Crippen molar-refractivity contribution in [2.45, 2.75) is 52.9 Å². The zero-order valence-corrected chi connectivity index (χ0v) is 12.0. The van der Waals surface area contributed by atoms with Crippen molar-refractivity contribution < 1.29 is 4.74 Å². The van der Waals surface area contributed by atoms with Crippen molar-refractivity contribution in [1.29, 1.82) is 0 Å². The number of ether oxygens (including phenoxy) is 1. The second-order valence-electron chi connectivity index (χ2n) is 4.87. The van der Waals surface area contributed by atoms with Crippen LogP contribution in [0, 0.1) is 5.41 Å². The van der Waals surface area contributed by atoms with Crippen molar-refractivity contribution in [2.75, 3.05) is 33.9 Å². The van der Waals surface area contributed by atoms with E-state index < -0.39 is 0 Å². The second-order valence-corrected chi connectivity index (χ2v) is 4.87. The van der Waals surface area contributed by atoms with Gasteiger partial charge in [-0.25, -0.2) is 0 Å². The molecule has 16 heavy (non-hydrogen) atoms. The van der Waals surface area contributed by atoms with Crippen molar-refractivity contribution in [3.8, 4) is 0 Å². The van der Waals surface area contributed by atoms with E-state index in [4.69, 9.17) is 4.74 Å². The van der Waals surface area contributed by atoms with Crippen LogP contribution in [0.3, 0.4) is 0 Å². The lowest BCUT2D eigenvalue weighted by Gasteiger charge is -2.32. The molecule has 0 aromatic heterocycles. The first-order valence-electron chi connectivity index (χ1n) is 6.91. The van der Waals surface area contributed by atoms with Crippen LogP contribution in [0.15, 0.2) is 0 Å². The van der Waals surface area contributed by atoms with Gasteiger partial charge in [-0.05, 0) is 51.7 Å². The van der Waals surface area contributed by atoms with E-state index in [9.17, 15) is 0 Å². The van der Waals surface area contributed by atoms with Crippen molar-refractivity contribution >= 4 is 0 Å². The number of hydrogen-bond donors (Lipinski definition) is 0. The normalized spacial score (nSPS) is 25.9. The van der Waals surface area contributed by atoms with E-state index in [1.807, 2.05) is 13.8 Å². The molecule has 1 heterocycles. The highest BCUT2D eigenvalue weighted by Crippen LogP contribution is 2.37. The van der Waals surface area contributed by atoms with Crippen LogP contribution in [-0.4, -0.2) is 38.8 Å². The van der Waals surface area contributed by atoms with Crippen molar-refractivity contribution in [1.82, 2.24) is 4.90 Å². The summed E-state index contributed by atoms with van der Waals surface area (Å²) >= 11 is 0. The number of hydrogen-bond acceptors (Lipinski definition) is 2. The Labute approximate surface area is 102 Å². The van der Waals surface area contributed by atoms with E-state index in [2.05, 4.69) is 25.9 Å². The molecule has 0 aliphatic carbocycles. The van der Waals surface area contributed by atoms with Gasteiger partial charge in [0.05, 0.1) is 0 Å². The minimum atomic E-state index is 0.570. The number of nitrogens with zero attached hydrogens (tertiary/aromatic N) is 1. The molecule has 0 radical (unpaired) electrons. The molecule has 98 valence electrons. The molecular formula is C14H31NO. The molecule has 1 atom stereocenters. The molecule has 1 aliphatic heterocycles. The van der Waals surface area contributed by atoms with E-state index in [1.54, 1.807) is 0 Å². The highest BCUT2D eigenvalue weighted by molar-refractivity contribution is 4.80. The molecule has 0 spiro atoms. The maximum Gasteiger partial charge on any atom is 0.0471 e. The smallest absolute Gasteiger partial charge is 0.0471 e. The van der Waals surface area contributed by atoms with Gasteiger partial charge >= 0.3 is 0 Å². The molecule has 0 N–H and O–H groups in total. The van der Waals surface area contributed by atoms with Gasteiger partial charge in [0.25, 0.3) is 0 Å². The van der Waals surface area contributed by atoms with E-state index in [0.717, 1.165) is 13.2 Å². The Morgan fingerprint density at radius 3 is 2.38 bits per heavy atom. The summed E-state index contributed by atoms with van der Waals surface area (Å²) in [5, 5.41) is 0. The second kappa shape index (κ2) is 9.00. The molecule has 0 bridgehead atoms. The van der Waals surface area contributed by atoms with Crippen molar-refractivity contribution in [3.05, 3.63) is 0 Å². The van der Waals surface area contributed by atoms with Gasteiger partial charge in [-0.15, -0.1) is 0 Å². The van der Waals surface area contributed by atoms with Gasteiger partial charge in [0.2, 0.25) is 0 Å².